The number of carbonyl (C=O) groups excluding carboxylic acids is 1. The van der Waals surface area contributed by atoms with Gasteiger partial charge in [-0.1, -0.05) is 30.3 Å². The fourth-order valence-corrected chi connectivity index (χ4v) is 4.68. The van der Waals surface area contributed by atoms with E-state index in [2.05, 4.69) is 0 Å². The van der Waals surface area contributed by atoms with Crippen LogP contribution in [-0.2, 0) is 14.8 Å². The highest BCUT2D eigenvalue weighted by atomic mass is 35.5. The van der Waals surface area contributed by atoms with Gasteiger partial charge >= 0.3 is 5.97 Å². The first-order valence-corrected chi connectivity index (χ1v) is 9.93. The number of rotatable bonds is 6. The number of benzene rings is 1. The second-order valence-electron chi connectivity index (χ2n) is 6.17. The van der Waals surface area contributed by atoms with Gasteiger partial charge in [0.05, 0.1) is 6.61 Å². The van der Waals surface area contributed by atoms with Gasteiger partial charge in [-0.2, -0.15) is 4.31 Å². The zero-order valence-electron chi connectivity index (χ0n) is 14.9. The largest absolute Gasteiger partial charge is 0.460 e. The van der Waals surface area contributed by atoms with Gasteiger partial charge in [0.1, 0.15) is 0 Å². The molecule has 2 heterocycles. The van der Waals surface area contributed by atoms with Crippen molar-refractivity contribution in [3.63, 3.8) is 0 Å². The van der Waals surface area contributed by atoms with E-state index >= 15 is 0 Å². The van der Waals surface area contributed by atoms with E-state index in [1.165, 1.54) is 16.4 Å². The summed E-state index contributed by atoms with van der Waals surface area (Å²) < 4.78 is 37.3. The van der Waals surface area contributed by atoms with Gasteiger partial charge in [0.25, 0.3) is 10.0 Å². The van der Waals surface area contributed by atoms with E-state index < -0.39 is 16.0 Å². The van der Waals surface area contributed by atoms with Crippen molar-refractivity contribution in [3.05, 3.63) is 53.8 Å². The number of nitrogens with zero attached hydrogens (tertiary/aromatic N) is 1. The minimum Gasteiger partial charge on any atom is -0.460 e. The van der Waals surface area contributed by atoms with Gasteiger partial charge in [-0.25, -0.2) is 13.2 Å². The van der Waals surface area contributed by atoms with Crippen LogP contribution in [0.4, 0.5) is 0 Å². The summed E-state index contributed by atoms with van der Waals surface area (Å²) in [4.78, 5) is 11.7. The SMILES string of the molecule is CCOC(=O)c1ccc(S(=O)(=O)N2C[C@@H](CN)[C@H](c3ccccc3)C2)o1.Cl. The summed E-state index contributed by atoms with van der Waals surface area (Å²) in [6.07, 6.45) is 0. The Morgan fingerprint density at radius 2 is 1.93 bits per heavy atom. The Hall–Kier alpha value is -1.87. The highest BCUT2D eigenvalue weighted by Gasteiger charge is 2.40. The Labute approximate surface area is 164 Å². The maximum atomic E-state index is 12.9. The molecule has 1 aromatic carbocycles. The fourth-order valence-electron chi connectivity index (χ4n) is 3.24. The van der Waals surface area contributed by atoms with E-state index in [0.717, 1.165) is 5.56 Å². The standard InChI is InChI=1S/C18H22N2O5S.ClH/c1-2-24-18(21)16-8-9-17(25-16)26(22,23)20-11-14(10-19)15(12-20)13-6-4-3-5-7-13;/h3-9,14-15H,2,10-12,19H2,1H3;1H/t14-,15+;/m1./s1. The Bertz CT molecular complexity index is 869. The number of ether oxygens (including phenoxy) is 1. The predicted octanol–water partition coefficient (Wildman–Crippen LogP) is 2.24. The first-order valence-electron chi connectivity index (χ1n) is 8.49. The second-order valence-corrected chi connectivity index (χ2v) is 8.04. The lowest BCUT2D eigenvalue weighted by molar-refractivity contribution is 0.0483. The van der Waals surface area contributed by atoms with Crippen molar-refractivity contribution in [2.45, 2.75) is 17.9 Å². The van der Waals surface area contributed by atoms with Crippen LogP contribution in [0.3, 0.4) is 0 Å². The molecular formula is C18H23ClN2O5S. The maximum Gasteiger partial charge on any atom is 0.374 e. The molecule has 0 amide bonds. The molecule has 7 nitrogen and oxygen atoms in total. The highest BCUT2D eigenvalue weighted by Crippen LogP contribution is 2.35. The van der Waals surface area contributed by atoms with Crippen LogP contribution in [0.5, 0.6) is 0 Å². The summed E-state index contributed by atoms with van der Waals surface area (Å²) in [6.45, 7) is 2.87. The zero-order valence-corrected chi connectivity index (χ0v) is 16.5. The van der Waals surface area contributed by atoms with Gasteiger partial charge in [0.2, 0.25) is 10.9 Å². The third kappa shape index (κ3) is 4.35. The summed E-state index contributed by atoms with van der Waals surface area (Å²) in [5.41, 5.74) is 6.94. The maximum absolute atomic E-state index is 12.9. The van der Waals surface area contributed by atoms with Gasteiger partial charge in [-0.15, -0.1) is 12.4 Å². The molecule has 2 N–H and O–H groups in total. The number of sulfonamides is 1. The lowest BCUT2D eigenvalue weighted by Gasteiger charge is -2.16. The molecule has 0 aliphatic carbocycles. The molecule has 27 heavy (non-hydrogen) atoms. The van der Waals surface area contributed by atoms with Gasteiger partial charge in [-0.3, -0.25) is 0 Å². The van der Waals surface area contributed by atoms with Crippen molar-refractivity contribution < 1.29 is 22.4 Å². The molecule has 1 aliphatic heterocycles. The van der Waals surface area contributed by atoms with Crippen molar-refractivity contribution in [2.75, 3.05) is 26.2 Å². The van der Waals surface area contributed by atoms with Gasteiger partial charge in [-0.05, 0) is 37.1 Å². The van der Waals surface area contributed by atoms with Gasteiger partial charge in [0, 0.05) is 19.0 Å². The van der Waals surface area contributed by atoms with Crippen LogP contribution < -0.4 is 5.73 Å². The van der Waals surface area contributed by atoms with E-state index in [-0.39, 0.29) is 41.7 Å². The Morgan fingerprint density at radius 3 is 2.56 bits per heavy atom. The number of nitrogens with two attached hydrogens (primary N) is 1. The molecule has 0 saturated carbocycles. The molecule has 3 rings (SSSR count). The number of furan rings is 1. The minimum absolute atomic E-state index is 0. The molecule has 1 saturated heterocycles. The molecule has 148 valence electrons. The smallest absolute Gasteiger partial charge is 0.374 e. The topological polar surface area (TPSA) is 103 Å². The lowest BCUT2D eigenvalue weighted by Crippen LogP contribution is -2.29. The number of hydrogen-bond acceptors (Lipinski definition) is 6. The summed E-state index contributed by atoms with van der Waals surface area (Å²) >= 11 is 0. The fraction of sp³-hybridized carbons (Fsp3) is 0.389. The average Bonchev–Trinajstić information content (AvgIpc) is 3.30. The number of halogens is 1. The van der Waals surface area contributed by atoms with Crippen LogP contribution in [0.25, 0.3) is 0 Å². The molecule has 0 bridgehead atoms. The molecule has 2 aromatic rings. The Balaban J connectivity index is 0.00000261. The van der Waals surface area contributed by atoms with E-state index in [9.17, 15) is 13.2 Å². The van der Waals surface area contributed by atoms with Crippen molar-refractivity contribution in [1.82, 2.24) is 4.31 Å². The molecular weight excluding hydrogens is 392 g/mol. The van der Waals surface area contributed by atoms with Gasteiger partial charge in [0.15, 0.2) is 0 Å². The number of hydrogen-bond donors (Lipinski definition) is 1. The van der Waals surface area contributed by atoms with Crippen molar-refractivity contribution in [2.24, 2.45) is 11.7 Å². The lowest BCUT2D eigenvalue weighted by atomic mass is 9.89. The summed E-state index contributed by atoms with van der Waals surface area (Å²) in [7, 11) is -3.85. The first-order chi connectivity index (χ1) is 12.5. The van der Waals surface area contributed by atoms with Crippen LogP contribution in [0, 0.1) is 5.92 Å². The van der Waals surface area contributed by atoms with E-state index in [1.807, 2.05) is 30.3 Å². The van der Waals surface area contributed by atoms with Crippen LogP contribution in [0.1, 0.15) is 29.0 Å². The van der Waals surface area contributed by atoms with Crippen LogP contribution >= 0.6 is 12.4 Å². The third-order valence-electron chi connectivity index (χ3n) is 4.59. The third-order valence-corrected chi connectivity index (χ3v) is 6.30. The normalized spacial score (nSPS) is 20.2. The van der Waals surface area contributed by atoms with E-state index in [1.54, 1.807) is 6.92 Å². The molecule has 0 unspecified atom stereocenters. The molecule has 0 spiro atoms. The molecule has 9 heteroatoms. The molecule has 1 aromatic heterocycles. The molecule has 2 atom stereocenters. The monoisotopic (exact) mass is 414 g/mol. The second kappa shape index (κ2) is 8.88. The van der Waals surface area contributed by atoms with E-state index in [0.29, 0.717) is 19.6 Å². The average molecular weight is 415 g/mol. The Morgan fingerprint density at radius 1 is 1.22 bits per heavy atom. The summed E-state index contributed by atoms with van der Waals surface area (Å²) in [5, 5.41) is -0.259. The van der Waals surface area contributed by atoms with Crippen molar-refractivity contribution in [3.8, 4) is 0 Å². The number of carbonyl (C=O) groups is 1. The van der Waals surface area contributed by atoms with Crippen molar-refractivity contribution >= 4 is 28.4 Å². The number of esters is 1. The van der Waals surface area contributed by atoms with Crippen LogP contribution in [-0.4, -0.2) is 44.9 Å². The quantitative estimate of drug-likeness (QED) is 0.727. The Kier molecular flexibility index (Phi) is 7.05. The highest BCUT2D eigenvalue weighted by molar-refractivity contribution is 7.89. The summed E-state index contributed by atoms with van der Waals surface area (Å²) in [6, 6.07) is 12.3. The van der Waals surface area contributed by atoms with E-state index in [4.69, 9.17) is 14.9 Å². The predicted molar refractivity (Wildman–Crippen MR) is 102 cm³/mol. The van der Waals surface area contributed by atoms with Crippen LogP contribution in [0.2, 0.25) is 0 Å². The minimum atomic E-state index is -3.85. The van der Waals surface area contributed by atoms with Crippen molar-refractivity contribution in [1.29, 1.82) is 0 Å². The molecule has 1 fully saturated rings. The summed E-state index contributed by atoms with van der Waals surface area (Å²) in [5.74, 6) is -0.765. The van der Waals surface area contributed by atoms with Crippen LogP contribution in [0.15, 0.2) is 52.0 Å². The first kappa shape index (κ1) is 21.4. The molecule has 0 radical (unpaired) electrons. The molecule has 1 aliphatic rings. The zero-order chi connectivity index (χ0) is 18.7. The van der Waals surface area contributed by atoms with Gasteiger partial charge < -0.3 is 14.9 Å².